The average Bonchev–Trinajstić information content (AvgIpc) is 2.86. The normalized spacial score (nSPS) is 21.9. The third-order valence-electron chi connectivity index (χ3n) is 4.29. The first-order valence-corrected chi connectivity index (χ1v) is 8.86. The van der Waals surface area contributed by atoms with Gasteiger partial charge in [-0.1, -0.05) is 6.07 Å². The van der Waals surface area contributed by atoms with Crippen LogP contribution < -0.4 is 10.6 Å². The molecule has 122 valence electrons. The molecule has 0 aromatic heterocycles. The van der Waals surface area contributed by atoms with E-state index in [1.165, 1.54) is 0 Å². The van der Waals surface area contributed by atoms with Crippen LogP contribution in [0.25, 0.3) is 0 Å². The van der Waals surface area contributed by atoms with Gasteiger partial charge in [-0.2, -0.15) is 0 Å². The summed E-state index contributed by atoms with van der Waals surface area (Å²) in [7, 11) is 0. The number of anilines is 1. The van der Waals surface area contributed by atoms with Crippen molar-refractivity contribution < 1.29 is 14.4 Å². The van der Waals surface area contributed by atoms with Gasteiger partial charge in [0.15, 0.2) is 0 Å². The van der Waals surface area contributed by atoms with Crippen molar-refractivity contribution in [2.75, 3.05) is 11.6 Å². The van der Waals surface area contributed by atoms with E-state index in [1.807, 2.05) is 18.4 Å². The number of amides is 3. The van der Waals surface area contributed by atoms with E-state index < -0.39 is 6.04 Å². The zero-order chi connectivity index (χ0) is 16.6. The number of rotatable bonds is 4. The quantitative estimate of drug-likeness (QED) is 0.646. The van der Waals surface area contributed by atoms with E-state index in [1.54, 1.807) is 22.7 Å². The zero-order valence-corrected chi connectivity index (χ0v) is 13.9. The number of carbonyl (C=O) groups excluding carboxylic acids is 3. The van der Waals surface area contributed by atoms with Crippen molar-refractivity contribution in [3.63, 3.8) is 0 Å². The molecule has 23 heavy (non-hydrogen) atoms. The fourth-order valence-corrected chi connectivity index (χ4v) is 3.24. The van der Waals surface area contributed by atoms with Gasteiger partial charge in [-0.05, 0) is 31.7 Å². The molecule has 2 aliphatic heterocycles. The molecule has 3 amide bonds. The van der Waals surface area contributed by atoms with Gasteiger partial charge >= 0.3 is 0 Å². The Labute approximate surface area is 139 Å². The monoisotopic (exact) mass is 333 g/mol. The summed E-state index contributed by atoms with van der Waals surface area (Å²) in [5, 5.41) is 5.93. The van der Waals surface area contributed by atoms with Crippen molar-refractivity contribution in [3.8, 4) is 0 Å². The molecule has 1 saturated heterocycles. The summed E-state index contributed by atoms with van der Waals surface area (Å²) in [6.07, 6.45) is 2.67. The van der Waals surface area contributed by atoms with Crippen molar-refractivity contribution in [2.24, 2.45) is 0 Å². The van der Waals surface area contributed by atoms with Crippen LogP contribution in [0.4, 0.5) is 5.69 Å². The fourth-order valence-electron chi connectivity index (χ4n) is 3.00. The van der Waals surface area contributed by atoms with E-state index in [0.717, 1.165) is 11.3 Å². The molecule has 0 bridgehead atoms. The third kappa shape index (κ3) is 2.93. The zero-order valence-electron chi connectivity index (χ0n) is 13.1. The molecule has 2 atom stereocenters. The Morgan fingerprint density at radius 2 is 2.13 bits per heavy atom. The Hall–Kier alpha value is -2.02. The van der Waals surface area contributed by atoms with Gasteiger partial charge in [0.05, 0.1) is 5.37 Å². The van der Waals surface area contributed by atoms with Crippen LogP contribution in [0.2, 0.25) is 0 Å². The molecule has 0 spiro atoms. The summed E-state index contributed by atoms with van der Waals surface area (Å²) in [6, 6.07) is 5.02. The number of nitrogens with one attached hydrogen (secondary N) is 2. The molecule has 2 aliphatic rings. The van der Waals surface area contributed by atoms with Crippen LogP contribution in [0, 0.1) is 0 Å². The highest BCUT2D eigenvalue weighted by Gasteiger charge is 2.39. The number of fused-ring (bicyclic) bond motifs is 1. The molecule has 0 saturated carbocycles. The Bertz CT molecular complexity index is 677. The van der Waals surface area contributed by atoms with Crippen molar-refractivity contribution in [1.29, 1.82) is 0 Å². The molecule has 2 heterocycles. The second-order valence-electron chi connectivity index (χ2n) is 5.75. The number of hydrogen-bond donors (Lipinski definition) is 2. The predicted molar refractivity (Wildman–Crippen MR) is 89.1 cm³/mol. The SMILES string of the molecule is CSC(C)Nc1cccc2c1CN(C1CCC(=O)NC1=O)C2=O. The highest BCUT2D eigenvalue weighted by Crippen LogP contribution is 2.33. The van der Waals surface area contributed by atoms with Crippen LogP contribution in [-0.2, 0) is 16.1 Å². The van der Waals surface area contributed by atoms with E-state index in [-0.39, 0.29) is 29.5 Å². The van der Waals surface area contributed by atoms with E-state index in [0.29, 0.717) is 18.5 Å². The first kappa shape index (κ1) is 15.9. The molecule has 6 nitrogen and oxygen atoms in total. The van der Waals surface area contributed by atoms with Gasteiger partial charge < -0.3 is 10.2 Å². The van der Waals surface area contributed by atoms with Crippen LogP contribution in [0.1, 0.15) is 35.7 Å². The topological polar surface area (TPSA) is 78.5 Å². The first-order valence-electron chi connectivity index (χ1n) is 7.57. The molecular weight excluding hydrogens is 314 g/mol. The predicted octanol–water partition coefficient (Wildman–Crippen LogP) is 1.57. The molecule has 3 rings (SSSR count). The Kier molecular flexibility index (Phi) is 4.30. The number of benzene rings is 1. The maximum atomic E-state index is 12.7. The Morgan fingerprint density at radius 3 is 2.83 bits per heavy atom. The minimum absolute atomic E-state index is 0.144. The van der Waals surface area contributed by atoms with Crippen molar-refractivity contribution in [3.05, 3.63) is 29.3 Å². The Balaban J connectivity index is 1.85. The molecule has 1 aromatic carbocycles. The van der Waals surface area contributed by atoms with E-state index in [4.69, 9.17) is 0 Å². The van der Waals surface area contributed by atoms with Crippen LogP contribution in [0.15, 0.2) is 18.2 Å². The lowest BCUT2D eigenvalue weighted by Crippen LogP contribution is -2.52. The molecule has 0 radical (unpaired) electrons. The number of thioether (sulfide) groups is 1. The molecule has 2 unspecified atom stereocenters. The van der Waals surface area contributed by atoms with Crippen LogP contribution in [0.5, 0.6) is 0 Å². The van der Waals surface area contributed by atoms with E-state index >= 15 is 0 Å². The number of nitrogens with zero attached hydrogens (tertiary/aromatic N) is 1. The summed E-state index contributed by atoms with van der Waals surface area (Å²) in [5.41, 5.74) is 2.48. The lowest BCUT2D eigenvalue weighted by atomic mass is 10.0. The van der Waals surface area contributed by atoms with Crippen LogP contribution in [-0.4, -0.2) is 40.3 Å². The lowest BCUT2D eigenvalue weighted by molar-refractivity contribution is -0.136. The largest absolute Gasteiger partial charge is 0.373 e. The molecule has 2 N–H and O–H groups in total. The Morgan fingerprint density at radius 1 is 1.35 bits per heavy atom. The summed E-state index contributed by atoms with van der Waals surface area (Å²) in [5.74, 6) is -0.795. The highest BCUT2D eigenvalue weighted by atomic mass is 32.2. The number of hydrogen-bond acceptors (Lipinski definition) is 5. The molecule has 7 heteroatoms. The number of piperidine rings is 1. The van der Waals surface area contributed by atoms with Crippen molar-refractivity contribution >= 4 is 35.2 Å². The number of imide groups is 1. The molecule has 1 aromatic rings. The van der Waals surface area contributed by atoms with Gasteiger partial charge in [-0.15, -0.1) is 11.8 Å². The first-order chi connectivity index (χ1) is 11.0. The maximum Gasteiger partial charge on any atom is 0.255 e. The number of carbonyl (C=O) groups is 3. The van der Waals surface area contributed by atoms with Gasteiger partial charge in [-0.3, -0.25) is 19.7 Å². The highest BCUT2D eigenvalue weighted by molar-refractivity contribution is 7.99. The summed E-state index contributed by atoms with van der Waals surface area (Å²) in [4.78, 5) is 37.6. The fraction of sp³-hybridized carbons (Fsp3) is 0.438. The summed E-state index contributed by atoms with van der Waals surface area (Å²) in [6.45, 7) is 2.45. The minimum Gasteiger partial charge on any atom is -0.373 e. The average molecular weight is 333 g/mol. The van der Waals surface area contributed by atoms with Gasteiger partial charge in [0.2, 0.25) is 11.8 Å². The molecule has 0 aliphatic carbocycles. The maximum absolute atomic E-state index is 12.7. The second kappa shape index (κ2) is 6.23. The van der Waals surface area contributed by atoms with Crippen molar-refractivity contribution in [1.82, 2.24) is 10.2 Å². The molecule has 1 fully saturated rings. The lowest BCUT2D eigenvalue weighted by Gasteiger charge is -2.29. The van der Waals surface area contributed by atoms with E-state index in [9.17, 15) is 14.4 Å². The minimum atomic E-state index is -0.571. The van der Waals surface area contributed by atoms with Crippen LogP contribution in [0.3, 0.4) is 0 Å². The second-order valence-corrected chi connectivity index (χ2v) is 6.93. The van der Waals surface area contributed by atoms with E-state index in [2.05, 4.69) is 17.6 Å². The third-order valence-corrected chi connectivity index (χ3v) is 5.12. The molecular formula is C16H19N3O3S. The van der Waals surface area contributed by atoms with Gasteiger partial charge in [0.1, 0.15) is 6.04 Å². The van der Waals surface area contributed by atoms with Gasteiger partial charge in [-0.25, -0.2) is 0 Å². The van der Waals surface area contributed by atoms with Crippen molar-refractivity contribution in [2.45, 2.75) is 37.7 Å². The standard InChI is InChI=1S/C16H19N3O3S/c1-9(23-2)17-12-5-3-4-10-11(12)8-19(16(10)22)13-6-7-14(20)18-15(13)21/h3-5,9,13,17H,6-8H2,1-2H3,(H,18,20,21). The van der Waals surface area contributed by atoms with Gasteiger partial charge in [0, 0.05) is 29.8 Å². The summed E-state index contributed by atoms with van der Waals surface area (Å²) >= 11 is 1.68. The van der Waals surface area contributed by atoms with Gasteiger partial charge in [0.25, 0.3) is 5.91 Å². The van der Waals surface area contributed by atoms with Crippen LogP contribution >= 0.6 is 11.8 Å². The summed E-state index contributed by atoms with van der Waals surface area (Å²) < 4.78 is 0. The smallest absolute Gasteiger partial charge is 0.255 e.